The minimum atomic E-state index is -2.97. The van der Waals surface area contributed by atoms with Crippen molar-refractivity contribution in [1.82, 2.24) is 45.3 Å². The maximum atomic E-state index is 13.2. The summed E-state index contributed by atoms with van der Waals surface area (Å²) in [7, 11) is 0. The maximum Gasteiger partial charge on any atom is 0.255 e. The van der Waals surface area contributed by atoms with Gasteiger partial charge in [0.15, 0.2) is 0 Å². The molecule has 15 rings (SSSR count). The van der Waals surface area contributed by atoms with Crippen LogP contribution in [-0.2, 0) is 102 Å². The summed E-state index contributed by atoms with van der Waals surface area (Å²) in [6, 6.07) is 13.7. The molecule has 9 heterocycles. The third-order valence-electron chi connectivity index (χ3n) is 18.0. The van der Waals surface area contributed by atoms with Gasteiger partial charge < -0.3 is 73.8 Å². The van der Waals surface area contributed by atoms with Crippen LogP contribution >= 0.6 is 0 Å². The van der Waals surface area contributed by atoms with Crippen LogP contribution in [-0.4, -0.2) is 160 Å². The molecule has 9 aliphatic rings. The number of fused-ring (bicyclic) bond motifs is 3. The molecule has 0 aromatic heterocycles. The van der Waals surface area contributed by atoms with Crippen molar-refractivity contribution in [1.29, 1.82) is 0 Å². The smallest absolute Gasteiger partial charge is 0.255 e. The maximum absolute atomic E-state index is 13.2. The summed E-state index contributed by atoms with van der Waals surface area (Å²) in [6.45, 7) is 0.655. The number of morpholine rings is 3. The molecule has 0 aliphatic carbocycles. The monoisotopic (exact) mass is 1400 g/mol. The number of nitrogens with one attached hydrogen (secondary N) is 3. The molecule has 528 valence electrons. The lowest BCUT2D eigenvalue weighted by molar-refractivity contribution is -0.144. The topological polar surface area (TPSA) is 265 Å². The first-order chi connectivity index (χ1) is 55.9. The number of amides is 9. The van der Waals surface area contributed by atoms with Crippen molar-refractivity contribution in [3.8, 4) is 17.2 Å². The molecular formula is C78H81N9O15. The average Bonchev–Trinajstić information content (AvgIpc) is 1.06. The highest BCUT2D eigenvalue weighted by atomic mass is 16.5. The molecule has 6 fully saturated rings. The van der Waals surface area contributed by atoms with E-state index in [1.54, 1.807) is 23.1 Å². The number of ether oxygens (including phenoxy) is 6. The number of hydrogen-bond donors (Lipinski definition) is 3. The Morgan fingerprint density at radius 1 is 0.451 bits per heavy atom. The number of carbonyl (C=O) groups is 9. The molecule has 0 spiro atoms. The summed E-state index contributed by atoms with van der Waals surface area (Å²) in [5.74, 6) is -2.88. The Balaban J connectivity index is 0.000000154. The number of allylic oxidation sites excluding steroid dienone is 3. The van der Waals surface area contributed by atoms with E-state index in [1.165, 1.54) is 45.0 Å². The predicted octanol–water partition coefficient (Wildman–Crippen LogP) is 7.12. The van der Waals surface area contributed by atoms with Crippen LogP contribution in [0.1, 0.15) is 142 Å². The van der Waals surface area contributed by atoms with E-state index < -0.39 is 146 Å². The van der Waals surface area contributed by atoms with Gasteiger partial charge in [-0.05, 0) is 108 Å². The van der Waals surface area contributed by atoms with Crippen molar-refractivity contribution in [2.45, 2.75) is 116 Å². The fourth-order valence-corrected chi connectivity index (χ4v) is 12.6. The summed E-state index contributed by atoms with van der Waals surface area (Å²) >= 11 is 0. The molecular weight excluding hydrogens is 1300 g/mol. The number of carbonyl (C=O) groups excluding carboxylic acids is 9. The van der Waals surface area contributed by atoms with Crippen molar-refractivity contribution in [2.75, 3.05) is 59.3 Å². The van der Waals surface area contributed by atoms with Gasteiger partial charge in [-0.3, -0.25) is 43.2 Å². The Kier molecular flexibility index (Phi) is 16.0. The molecule has 5 unspecified atom stereocenters. The minimum absolute atomic E-state index is 0.0172. The normalized spacial score (nSPS) is 24.1. The second-order valence-electron chi connectivity index (χ2n) is 24.8. The molecule has 0 radical (unpaired) electrons. The molecule has 24 nitrogen and oxygen atoms in total. The highest BCUT2D eigenvalue weighted by molar-refractivity contribution is 6.04. The quantitative estimate of drug-likeness (QED) is 0.0774. The molecule has 0 saturated carbocycles. The largest absolute Gasteiger partial charge is 0.489 e. The second kappa shape index (κ2) is 31.3. The van der Waals surface area contributed by atoms with Gasteiger partial charge in [0.05, 0.1) is 61.4 Å². The lowest BCUT2D eigenvalue weighted by atomic mass is 10.0. The zero-order valence-corrected chi connectivity index (χ0v) is 55.3. The zero-order chi connectivity index (χ0) is 85.0. The zero-order valence-electron chi connectivity index (χ0n) is 71.3. The first-order valence-corrected chi connectivity index (χ1v) is 32.9. The minimum Gasteiger partial charge on any atom is -0.489 e. The molecule has 6 aromatic rings. The van der Waals surface area contributed by atoms with E-state index in [2.05, 4.69) is 35.7 Å². The SMILES string of the molecule is [2H]C1COCC(=O)N1Cc1ccc(COc2cccc3c2CN(C2CCC(=C)NC2=O)C3=O)cc1.[2H]c1c([2H])c(C([2H])([2H])N2CCOCC2=O)c([2H])c([2H])c1C([2H])([2H])Oc1cccc2c1CN(C1CCC(=C)NC1=O)C2=O.[2H]c1c([2H])c(C([2H])([2H])N2CCOCC2=O)c([2H])c([2H])c1C([2H])Oc1cccc2c1CN(C1CCC(=C)NC1=O)C2=O. The predicted molar refractivity (Wildman–Crippen MR) is 371 cm³/mol. The summed E-state index contributed by atoms with van der Waals surface area (Å²) in [6.07, 6.45) is 2.98. The highest BCUT2D eigenvalue weighted by Crippen LogP contribution is 2.38. The van der Waals surface area contributed by atoms with Crippen LogP contribution in [0, 0.1) is 0 Å². The van der Waals surface area contributed by atoms with Gasteiger partial charge in [-0.2, -0.15) is 0 Å². The van der Waals surface area contributed by atoms with Gasteiger partial charge in [0.1, 0.15) is 74.9 Å². The van der Waals surface area contributed by atoms with E-state index in [0.29, 0.717) is 92.2 Å². The van der Waals surface area contributed by atoms with Crippen molar-refractivity contribution in [3.05, 3.63) is 231 Å². The molecule has 6 saturated heterocycles. The number of rotatable bonds is 18. The van der Waals surface area contributed by atoms with E-state index >= 15 is 0 Å². The Labute approximate surface area is 613 Å². The van der Waals surface area contributed by atoms with E-state index in [9.17, 15) is 43.2 Å². The number of hydrogen-bond acceptors (Lipinski definition) is 15. The van der Waals surface area contributed by atoms with Gasteiger partial charge in [0, 0.05) is 89.6 Å². The molecule has 0 bridgehead atoms. The first-order valence-electron chi connectivity index (χ1n) is 41.1. The van der Waals surface area contributed by atoms with Gasteiger partial charge in [0.2, 0.25) is 35.4 Å². The molecule has 5 atom stereocenters. The molecule has 24 heteroatoms. The van der Waals surface area contributed by atoms with Crippen molar-refractivity contribution in [2.24, 2.45) is 0 Å². The first kappa shape index (κ1) is 52.1. The summed E-state index contributed by atoms with van der Waals surface area (Å²) < 4.78 is 169. The summed E-state index contributed by atoms with van der Waals surface area (Å²) in [5, 5.41) is 8.05. The van der Waals surface area contributed by atoms with Crippen LogP contribution in [0.2, 0.25) is 0 Å². The van der Waals surface area contributed by atoms with Gasteiger partial charge in [-0.15, -0.1) is 0 Å². The van der Waals surface area contributed by atoms with E-state index in [-0.39, 0.29) is 123 Å². The van der Waals surface area contributed by atoms with E-state index in [4.69, 9.17) is 50.4 Å². The van der Waals surface area contributed by atoms with Crippen LogP contribution in [0.25, 0.3) is 0 Å². The molecule has 6 aromatic carbocycles. The fourth-order valence-electron chi connectivity index (χ4n) is 12.6. The van der Waals surface area contributed by atoms with Crippen molar-refractivity contribution >= 4 is 53.2 Å². The lowest BCUT2D eigenvalue weighted by Crippen LogP contribution is -2.49. The second-order valence-corrected chi connectivity index (χ2v) is 24.8. The Morgan fingerprint density at radius 3 is 1.25 bits per heavy atom. The van der Waals surface area contributed by atoms with Crippen LogP contribution in [0.5, 0.6) is 17.2 Å². The Bertz CT molecular complexity index is 5140. The number of nitrogens with zero attached hydrogens (tertiary/aromatic N) is 6. The average molecular weight is 1400 g/mol. The summed E-state index contributed by atoms with van der Waals surface area (Å²) in [4.78, 5) is 121. The summed E-state index contributed by atoms with van der Waals surface area (Å²) in [5.41, 5.74) is 3.64. The Hall–Kier alpha value is -11.0. The Morgan fingerprint density at radius 2 is 0.833 bits per heavy atom. The number of piperidine rings is 3. The van der Waals surface area contributed by atoms with E-state index in [1.807, 2.05) is 30.3 Å². The van der Waals surface area contributed by atoms with Crippen LogP contribution in [0.3, 0.4) is 0 Å². The van der Waals surface area contributed by atoms with Gasteiger partial charge in [-0.1, -0.05) is 111 Å². The lowest BCUT2D eigenvalue weighted by Gasteiger charge is -2.31. The van der Waals surface area contributed by atoms with Crippen LogP contribution < -0.4 is 30.2 Å². The van der Waals surface area contributed by atoms with Crippen LogP contribution in [0.15, 0.2) is 164 Å². The fraction of sp³-hybridized carbons (Fsp3) is 0.346. The molecule has 9 aliphatic heterocycles. The van der Waals surface area contributed by atoms with E-state index in [0.717, 1.165) is 26.5 Å². The van der Waals surface area contributed by atoms with Crippen molar-refractivity contribution in [3.63, 3.8) is 0 Å². The van der Waals surface area contributed by atoms with Crippen molar-refractivity contribution < 1.29 is 93.5 Å². The van der Waals surface area contributed by atoms with Gasteiger partial charge in [0.25, 0.3) is 17.7 Å². The van der Waals surface area contributed by atoms with Gasteiger partial charge >= 0.3 is 0 Å². The third kappa shape index (κ3) is 15.9. The third-order valence-corrected chi connectivity index (χ3v) is 18.0. The number of benzene rings is 6. The standard InChI is InChI=1S/3C26H27N3O5/c3*1-17-5-10-22(25(31)27-17)29-14-21-20(26(29)32)3-2-4-23(21)34-15-19-8-6-18(7-9-19)13-28-11-12-33-16-24(28)30/h3*2-4,6-9,22H,1,5,10-16H2,(H,27,31)/i6D,7D,8D,9D,13D2,15D2;6D,7D,8D,9D,13D2,15D;11D. The highest BCUT2D eigenvalue weighted by Gasteiger charge is 2.43. The van der Waals surface area contributed by atoms with Crippen LogP contribution in [0.4, 0.5) is 0 Å². The molecule has 102 heavy (non-hydrogen) atoms. The van der Waals surface area contributed by atoms with Gasteiger partial charge in [-0.25, -0.2) is 0 Å². The molecule has 3 N–H and O–H groups in total. The molecule has 9 amide bonds.